The van der Waals surface area contributed by atoms with Gasteiger partial charge >= 0.3 is 0 Å². The lowest BCUT2D eigenvalue weighted by Gasteiger charge is -2.15. The number of nitriles is 1. The van der Waals surface area contributed by atoms with Gasteiger partial charge in [0.05, 0.1) is 11.5 Å². The molecule has 0 fully saturated rings. The Kier molecular flexibility index (Phi) is 4.13. The van der Waals surface area contributed by atoms with Crippen molar-refractivity contribution in [2.45, 2.75) is 13.8 Å². The summed E-state index contributed by atoms with van der Waals surface area (Å²) in [7, 11) is 0. The summed E-state index contributed by atoms with van der Waals surface area (Å²) in [6, 6.07) is 7.12. The topological polar surface area (TPSA) is 78.9 Å². The average molecular weight is 296 g/mol. The molecule has 5 heteroatoms. The van der Waals surface area contributed by atoms with Gasteiger partial charge in [0.2, 0.25) is 0 Å². The summed E-state index contributed by atoms with van der Waals surface area (Å²) >= 11 is 3.26. The first-order valence-electron chi connectivity index (χ1n) is 5.10. The third-order valence-corrected chi connectivity index (χ3v) is 2.97. The first kappa shape index (κ1) is 13.5. The molecule has 90 valence electrons. The number of rotatable bonds is 3. The van der Waals surface area contributed by atoms with Crippen LogP contribution in [-0.4, -0.2) is 12.5 Å². The molecule has 0 aliphatic carbocycles. The van der Waals surface area contributed by atoms with Gasteiger partial charge in [-0.25, -0.2) is 0 Å². The molecular formula is C12H14BrN3O. The summed E-state index contributed by atoms with van der Waals surface area (Å²) in [6.07, 6.45) is 0. The van der Waals surface area contributed by atoms with Crippen molar-refractivity contribution < 1.29 is 4.79 Å². The Hall–Kier alpha value is -1.54. The third kappa shape index (κ3) is 3.75. The Morgan fingerprint density at radius 1 is 1.59 bits per heavy atom. The van der Waals surface area contributed by atoms with Crippen LogP contribution in [0.1, 0.15) is 24.2 Å². The number of nitrogen functional groups attached to an aromatic ring is 1. The molecule has 1 amide bonds. The lowest BCUT2D eigenvalue weighted by molar-refractivity contribution is 0.0944. The molecule has 0 heterocycles. The van der Waals surface area contributed by atoms with Crippen LogP contribution < -0.4 is 11.1 Å². The van der Waals surface area contributed by atoms with Crippen molar-refractivity contribution in [3.05, 3.63) is 28.2 Å². The standard InChI is InChI=1S/C12H14BrN3O/c1-12(2,6-14)7-16-11(17)8-3-4-9(13)10(15)5-8/h3-5H,7,15H2,1-2H3,(H,16,17). The third-order valence-electron chi connectivity index (χ3n) is 2.25. The normalized spacial score (nSPS) is 10.7. The summed E-state index contributed by atoms with van der Waals surface area (Å²) in [5, 5.41) is 11.5. The number of amides is 1. The Morgan fingerprint density at radius 2 is 2.24 bits per heavy atom. The molecule has 1 aromatic rings. The van der Waals surface area contributed by atoms with E-state index < -0.39 is 5.41 Å². The Bertz CT molecular complexity index is 477. The fourth-order valence-corrected chi connectivity index (χ4v) is 1.37. The molecule has 3 N–H and O–H groups in total. The van der Waals surface area contributed by atoms with Crippen molar-refractivity contribution in [3.63, 3.8) is 0 Å². The molecule has 0 unspecified atom stereocenters. The van der Waals surface area contributed by atoms with Crippen LogP contribution in [0.5, 0.6) is 0 Å². The van der Waals surface area contributed by atoms with Crippen LogP contribution in [0.4, 0.5) is 5.69 Å². The van der Waals surface area contributed by atoms with Gasteiger partial charge in [-0.1, -0.05) is 0 Å². The highest BCUT2D eigenvalue weighted by atomic mass is 79.9. The second kappa shape index (κ2) is 5.19. The monoisotopic (exact) mass is 295 g/mol. The minimum absolute atomic E-state index is 0.229. The van der Waals surface area contributed by atoms with Crippen LogP contribution in [0.15, 0.2) is 22.7 Å². The van der Waals surface area contributed by atoms with E-state index in [2.05, 4.69) is 27.3 Å². The number of nitrogens with two attached hydrogens (primary N) is 1. The molecule has 0 spiro atoms. The van der Waals surface area contributed by atoms with Crippen molar-refractivity contribution in [3.8, 4) is 6.07 Å². The van der Waals surface area contributed by atoms with E-state index in [1.807, 2.05) is 0 Å². The molecule has 17 heavy (non-hydrogen) atoms. The second-order valence-corrected chi connectivity index (χ2v) is 5.27. The van der Waals surface area contributed by atoms with E-state index in [9.17, 15) is 4.79 Å². The molecule has 1 aromatic carbocycles. The first-order valence-corrected chi connectivity index (χ1v) is 5.89. The number of hydrogen-bond acceptors (Lipinski definition) is 3. The zero-order valence-electron chi connectivity index (χ0n) is 9.75. The maximum atomic E-state index is 11.8. The van der Waals surface area contributed by atoms with Crippen LogP contribution in [0.3, 0.4) is 0 Å². The van der Waals surface area contributed by atoms with Crippen LogP contribution in [0.2, 0.25) is 0 Å². The smallest absolute Gasteiger partial charge is 0.251 e. The molecule has 0 bridgehead atoms. The van der Waals surface area contributed by atoms with Crippen LogP contribution in [0, 0.1) is 16.7 Å². The summed E-state index contributed by atoms with van der Waals surface area (Å²) in [5.41, 5.74) is 6.11. The molecule has 0 radical (unpaired) electrons. The molecule has 0 atom stereocenters. The van der Waals surface area contributed by atoms with Crippen molar-refractivity contribution >= 4 is 27.5 Å². The first-order chi connectivity index (χ1) is 7.85. The van der Waals surface area contributed by atoms with Gasteiger partial charge in [-0.15, -0.1) is 0 Å². The Balaban J connectivity index is 2.72. The number of benzene rings is 1. The quantitative estimate of drug-likeness (QED) is 0.840. The number of anilines is 1. The Morgan fingerprint density at radius 3 is 2.76 bits per heavy atom. The second-order valence-electron chi connectivity index (χ2n) is 4.41. The maximum absolute atomic E-state index is 11.8. The lowest BCUT2D eigenvalue weighted by atomic mass is 9.96. The molecule has 0 aliphatic rings. The fourth-order valence-electron chi connectivity index (χ4n) is 1.13. The highest BCUT2D eigenvalue weighted by molar-refractivity contribution is 9.10. The van der Waals surface area contributed by atoms with Crippen molar-refractivity contribution in [1.29, 1.82) is 5.26 Å². The van der Waals surface area contributed by atoms with E-state index in [-0.39, 0.29) is 5.91 Å². The Labute approximate surface area is 109 Å². The van der Waals surface area contributed by atoms with Gasteiger partial charge in [-0.05, 0) is 48.0 Å². The number of hydrogen-bond donors (Lipinski definition) is 2. The minimum Gasteiger partial charge on any atom is -0.398 e. The van der Waals surface area contributed by atoms with Crippen LogP contribution in [-0.2, 0) is 0 Å². The lowest BCUT2D eigenvalue weighted by Crippen LogP contribution is -2.33. The molecule has 0 aliphatic heterocycles. The molecule has 1 rings (SSSR count). The number of halogens is 1. The zero-order valence-corrected chi connectivity index (χ0v) is 11.3. The number of nitrogens with one attached hydrogen (secondary N) is 1. The number of carbonyl (C=O) groups is 1. The molecule has 0 saturated carbocycles. The van der Waals surface area contributed by atoms with Gasteiger partial charge in [-0.2, -0.15) is 5.26 Å². The SMILES string of the molecule is CC(C)(C#N)CNC(=O)c1ccc(Br)c(N)c1. The predicted molar refractivity (Wildman–Crippen MR) is 70.3 cm³/mol. The van der Waals surface area contributed by atoms with E-state index in [1.165, 1.54) is 0 Å². The van der Waals surface area contributed by atoms with E-state index in [0.717, 1.165) is 4.47 Å². The highest BCUT2D eigenvalue weighted by Crippen LogP contribution is 2.20. The molecule has 0 aromatic heterocycles. The summed E-state index contributed by atoms with van der Waals surface area (Å²) < 4.78 is 0.756. The van der Waals surface area contributed by atoms with Crippen molar-refractivity contribution in [1.82, 2.24) is 5.32 Å². The van der Waals surface area contributed by atoms with Gasteiger partial charge in [0.25, 0.3) is 5.91 Å². The van der Waals surface area contributed by atoms with Crippen LogP contribution in [0.25, 0.3) is 0 Å². The largest absolute Gasteiger partial charge is 0.398 e. The number of carbonyl (C=O) groups excluding carboxylic acids is 1. The van der Waals surface area contributed by atoms with Gasteiger partial charge in [0, 0.05) is 22.3 Å². The van der Waals surface area contributed by atoms with Gasteiger partial charge in [0.1, 0.15) is 0 Å². The summed E-state index contributed by atoms with van der Waals surface area (Å²) in [6.45, 7) is 3.84. The van der Waals surface area contributed by atoms with E-state index in [4.69, 9.17) is 11.0 Å². The maximum Gasteiger partial charge on any atom is 0.251 e. The molecular weight excluding hydrogens is 282 g/mol. The van der Waals surface area contributed by atoms with E-state index in [0.29, 0.717) is 17.8 Å². The van der Waals surface area contributed by atoms with Crippen LogP contribution >= 0.6 is 15.9 Å². The van der Waals surface area contributed by atoms with Crippen molar-refractivity contribution in [2.24, 2.45) is 5.41 Å². The predicted octanol–water partition coefficient (Wildman–Crippen LogP) is 2.31. The van der Waals surface area contributed by atoms with Gasteiger partial charge < -0.3 is 11.1 Å². The van der Waals surface area contributed by atoms with E-state index >= 15 is 0 Å². The molecule has 4 nitrogen and oxygen atoms in total. The molecule has 0 saturated heterocycles. The minimum atomic E-state index is -0.573. The van der Waals surface area contributed by atoms with E-state index in [1.54, 1.807) is 32.0 Å². The average Bonchev–Trinajstić information content (AvgIpc) is 2.30. The van der Waals surface area contributed by atoms with Crippen molar-refractivity contribution in [2.75, 3.05) is 12.3 Å². The summed E-state index contributed by atoms with van der Waals surface area (Å²) in [5.74, 6) is -0.229. The summed E-state index contributed by atoms with van der Waals surface area (Å²) in [4.78, 5) is 11.8. The number of nitrogens with zero attached hydrogens (tertiary/aromatic N) is 1. The van der Waals surface area contributed by atoms with Gasteiger partial charge in [-0.3, -0.25) is 4.79 Å². The zero-order chi connectivity index (χ0) is 13.1. The fraction of sp³-hybridized carbons (Fsp3) is 0.333. The highest BCUT2D eigenvalue weighted by Gasteiger charge is 2.18. The van der Waals surface area contributed by atoms with Gasteiger partial charge in [0.15, 0.2) is 0 Å².